The molecule has 0 unspecified atom stereocenters. The molecule has 0 aliphatic rings. The summed E-state index contributed by atoms with van der Waals surface area (Å²) >= 11 is 4.67. The molecule has 18 heavy (non-hydrogen) atoms. The van der Waals surface area contributed by atoms with Gasteiger partial charge in [0.2, 0.25) is 5.91 Å². The van der Waals surface area contributed by atoms with Crippen LogP contribution < -0.4 is 10.6 Å². The van der Waals surface area contributed by atoms with E-state index in [1.807, 2.05) is 25.3 Å². The molecule has 1 aromatic rings. The summed E-state index contributed by atoms with van der Waals surface area (Å²) in [6.07, 6.45) is 0.307. The van der Waals surface area contributed by atoms with Crippen molar-refractivity contribution in [3.05, 3.63) is 20.8 Å². The van der Waals surface area contributed by atoms with Gasteiger partial charge < -0.3 is 10.6 Å². The van der Waals surface area contributed by atoms with E-state index in [0.29, 0.717) is 30.3 Å². The first-order valence-electron chi connectivity index (χ1n) is 5.78. The minimum Gasteiger partial charge on any atom is -0.356 e. The van der Waals surface area contributed by atoms with Gasteiger partial charge in [0.1, 0.15) is 4.88 Å². The van der Waals surface area contributed by atoms with Crippen molar-refractivity contribution in [3.8, 4) is 0 Å². The number of hydrogen-bond acceptors (Lipinski definition) is 3. The second-order valence-electron chi connectivity index (χ2n) is 4.30. The van der Waals surface area contributed by atoms with Crippen molar-refractivity contribution in [1.29, 1.82) is 0 Å². The zero-order valence-electron chi connectivity index (χ0n) is 10.5. The van der Waals surface area contributed by atoms with Gasteiger partial charge >= 0.3 is 0 Å². The average Bonchev–Trinajstić information content (AvgIpc) is 2.72. The van der Waals surface area contributed by atoms with Crippen LogP contribution >= 0.6 is 27.3 Å². The molecule has 2 amide bonds. The predicted molar refractivity (Wildman–Crippen MR) is 76.8 cm³/mol. The standard InChI is InChI=1S/C12H17BrN2O2S/c1-8(2)7-15-10(16)3-5-14-12(17)11-9(13)4-6-18-11/h4,6,8H,3,5,7H2,1-2H3,(H,14,17)(H,15,16). The highest BCUT2D eigenvalue weighted by atomic mass is 79.9. The third-order valence-corrected chi connectivity index (χ3v) is 4.00. The first-order chi connectivity index (χ1) is 8.50. The second-order valence-corrected chi connectivity index (χ2v) is 6.07. The Bertz CT molecular complexity index is 418. The maximum absolute atomic E-state index is 11.7. The second kappa shape index (κ2) is 7.53. The van der Waals surface area contributed by atoms with Crippen LogP contribution in [0.2, 0.25) is 0 Å². The van der Waals surface area contributed by atoms with Gasteiger partial charge in [-0.25, -0.2) is 0 Å². The molecule has 0 fully saturated rings. The van der Waals surface area contributed by atoms with E-state index in [2.05, 4.69) is 26.6 Å². The van der Waals surface area contributed by atoms with Gasteiger partial charge in [0.25, 0.3) is 5.91 Å². The number of amides is 2. The molecule has 4 nitrogen and oxygen atoms in total. The molecule has 0 aromatic carbocycles. The molecule has 0 bridgehead atoms. The SMILES string of the molecule is CC(C)CNC(=O)CCNC(=O)c1sccc1Br. The summed E-state index contributed by atoms with van der Waals surface area (Å²) in [5.74, 6) is 0.258. The molecule has 0 radical (unpaired) electrons. The van der Waals surface area contributed by atoms with E-state index in [9.17, 15) is 9.59 Å². The number of carbonyl (C=O) groups excluding carboxylic acids is 2. The Morgan fingerprint density at radius 2 is 2.11 bits per heavy atom. The number of nitrogens with one attached hydrogen (secondary N) is 2. The summed E-state index contributed by atoms with van der Waals surface area (Å²) in [6, 6.07) is 1.83. The first kappa shape index (κ1) is 15.2. The summed E-state index contributed by atoms with van der Waals surface area (Å²) in [5.41, 5.74) is 0. The Morgan fingerprint density at radius 3 is 2.67 bits per heavy atom. The number of hydrogen-bond donors (Lipinski definition) is 2. The van der Waals surface area contributed by atoms with Gasteiger partial charge in [0.15, 0.2) is 0 Å². The van der Waals surface area contributed by atoms with Crippen molar-refractivity contribution < 1.29 is 9.59 Å². The lowest BCUT2D eigenvalue weighted by molar-refractivity contribution is -0.121. The highest BCUT2D eigenvalue weighted by Gasteiger charge is 2.11. The molecule has 100 valence electrons. The van der Waals surface area contributed by atoms with Crippen molar-refractivity contribution in [3.63, 3.8) is 0 Å². The van der Waals surface area contributed by atoms with E-state index in [4.69, 9.17) is 0 Å². The van der Waals surface area contributed by atoms with Crippen LogP contribution in [0.25, 0.3) is 0 Å². The molecule has 6 heteroatoms. The number of halogens is 1. The fourth-order valence-electron chi connectivity index (χ4n) is 1.23. The van der Waals surface area contributed by atoms with Crippen molar-refractivity contribution in [1.82, 2.24) is 10.6 Å². The van der Waals surface area contributed by atoms with Crippen LogP contribution in [0.4, 0.5) is 0 Å². The van der Waals surface area contributed by atoms with Gasteiger partial charge in [-0.3, -0.25) is 9.59 Å². The summed E-state index contributed by atoms with van der Waals surface area (Å²) < 4.78 is 0.786. The number of rotatable bonds is 6. The Balaban J connectivity index is 2.24. The van der Waals surface area contributed by atoms with Crippen molar-refractivity contribution in [2.24, 2.45) is 5.92 Å². The third kappa shape index (κ3) is 5.18. The van der Waals surface area contributed by atoms with E-state index in [0.717, 1.165) is 4.47 Å². The topological polar surface area (TPSA) is 58.2 Å². The molecule has 0 aliphatic carbocycles. The Morgan fingerprint density at radius 1 is 1.39 bits per heavy atom. The monoisotopic (exact) mass is 332 g/mol. The molecule has 1 aromatic heterocycles. The largest absolute Gasteiger partial charge is 0.356 e. The van der Waals surface area contributed by atoms with Crippen LogP contribution in [-0.2, 0) is 4.79 Å². The highest BCUT2D eigenvalue weighted by molar-refractivity contribution is 9.10. The van der Waals surface area contributed by atoms with Crippen LogP contribution in [0.15, 0.2) is 15.9 Å². The zero-order valence-corrected chi connectivity index (χ0v) is 12.9. The maximum atomic E-state index is 11.7. The summed E-state index contributed by atoms with van der Waals surface area (Å²) in [5, 5.41) is 7.37. The zero-order chi connectivity index (χ0) is 13.5. The molecule has 0 saturated heterocycles. The van der Waals surface area contributed by atoms with Crippen LogP contribution in [0.5, 0.6) is 0 Å². The molecule has 0 spiro atoms. The smallest absolute Gasteiger partial charge is 0.262 e. The van der Waals surface area contributed by atoms with Gasteiger partial charge in [0, 0.05) is 24.0 Å². The van der Waals surface area contributed by atoms with E-state index in [-0.39, 0.29) is 11.8 Å². The summed E-state index contributed by atoms with van der Waals surface area (Å²) in [7, 11) is 0. The molecular weight excluding hydrogens is 316 g/mol. The van der Waals surface area contributed by atoms with E-state index in [1.54, 1.807) is 0 Å². The van der Waals surface area contributed by atoms with Gasteiger partial charge in [0.05, 0.1) is 0 Å². The molecule has 0 saturated carbocycles. The van der Waals surface area contributed by atoms with Crippen molar-refractivity contribution >= 4 is 39.1 Å². The van der Waals surface area contributed by atoms with E-state index in [1.165, 1.54) is 11.3 Å². The van der Waals surface area contributed by atoms with E-state index < -0.39 is 0 Å². The van der Waals surface area contributed by atoms with Gasteiger partial charge in [-0.05, 0) is 33.3 Å². The lowest BCUT2D eigenvalue weighted by Gasteiger charge is -2.08. The molecule has 0 atom stereocenters. The normalized spacial score (nSPS) is 10.4. The van der Waals surface area contributed by atoms with Crippen LogP contribution in [0, 0.1) is 5.92 Å². The molecular formula is C12H17BrN2O2S. The summed E-state index contributed by atoms with van der Waals surface area (Å²) in [6.45, 7) is 5.10. The minimum atomic E-state index is -0.145. The van der Waals surface area contributed by atoms with Crippen LogP contribution in [0.3, 0.4) is 0 Å². The maximum Gasteiger partial charge on any atom is 0.262 e. The summed E-state index contributed by atoms with van der Waals surface area (Å²) in [4.78, 5) is 23.8. The Kier molecular flexibility index (Phi) is 6.35. The fourth-order valence-corrected chi connectivity index (χ4v) is 2.70. The van der Waals surface area contributed by atoms with Crippen molar-refractivity contribution in [2.75, 3.05) is 13.1 Å². The minimum absolute atomic E-state index is 0.0331. The average molecular weight is 333 g/mol. The molecule has 2 N–H and O–H groups in total. The third-order valence-electron chi connectivity index (χ3n) is 2.17. The lowest BCUT2D eigenvalue weighted by Crippen LogP contribution is -2.32. The Labute approximate surface area is 119 Å². The molecule has 1 heterocycles. The number of carbonyl (C=O) groups is 2. The highest BCUT2D eigenvalue weighted by Crippen LogP contribution is 2.22. The lowest BCUT2D eigenvalue weighted by atomic mass is 10.2. The Hall–Kier alpha value is -0.880. The quantitative estimate of drug-likeness (QED) is 0.840. The van der Waals surface area contributed by atoms with Crippen LogP contribution in [0.1, 0.15) is 29.9 Å². The first-order valence-corrected chi connectivity index (χ1v) is 7.46. The van der Waals surface area contributed by atoms with E-state index >= 15 is 0 Å². The van der Waals surface area contributed by atoms with Gasteiger partial charge in [-0.1, -0.05) is 13.8 Å². The molecule has 0 aliphatic heterocycles. The van der Waals surface area contributed by atoms with Crippen LogP contribution in [-0.4, -0.2) is 24.9 Å². The fraction of sp³-hybridized carbons (Fsp3) is 0.500. The molecule has 1 rings (SSSR count). The van der Waals surface area contributed by atoms with Gasteiger partial charge in [-0.15, -0.1) is 11.3 Å². The van der Waals surface area contributed by atoms with Crippen molar-refractivity contribution in [2.45, 2.75) is 20.3 Å². The van der Waals surface area contributed by atoms with Gasteiger partial charge in [-0.2, -0.15) is 0 Å². The number of thiophene rings is 1. The predicted octanol–water partition coefficient (Wildman–Crippen LogP) is 2.40.